The summed E-state index contributed by atoms with van der Waals surface area (Å²) in [5.41, 5.74) is 5.86. The quantitative estimate of drug-likeness (QED) is 0.242. The molecular formula is C35H42N8O2. The first-order valence-corrected chi connectivity index (χ1v) is 16.2. The molecule has 10 nitrogen and oxygen atoms in total. The fourth-order valence-electron chi connectivity index (χ4n) is 6.86. The first kappa shape index (κ1) is 29.4. The number of anilines is 1. The maximum atomic E-state index is 13.5. The van der Waals surface area contributed by atoms with E-state index in [2.05, 4.69) is 52.3 Å². The average molecular weight is 607 g/mol. The van der Waals surface area contributed by atoms with Gasteiger partial charge in [-0.05, 0) is 64.1 Å². The Hall–Kier alpha value is -4.28. The normalized spacial score (nSPS) is 18.2. The van der Waals surface area contributed by atoms with Gasteiger partial charge in [-0.25, -0.2) is 4.98 Å². The lowest BCUT2D eigenvalue weighted by molar-refractivity contribution is 0.0928. The van der Waals surface area contributed by atoms with Crippen LogP contribution in [0.5, 0.6) is 5.75 Å². The van der Waals surface area contributed by atoms with Gasteiger partial charge in [0.1, 0.15) is 23.7 Å². The summed E-state index contributed by atoms with van der Waals surface area (Å²) in [6.45, 7) is 9.51. The predicted octanol–water partition coefficient (Wildman–Crippen LogP) is 5.36. The molecule has 1 aromatic carbocycles. The number of carbonyl (C=O) groups excluding carboxylic acids is 1. The third kappa shape index (κ3) is 6.17. The number of nitrogens with one attached hydrogen (secondary N) is 1. The topological polar surface area (TPSA) is 92.8 Å². The summed E-state index contributed by atoms with van der Waals surface area (Å²) in [6, 6.07) is 16.6. The van der Waals surface area contributed by atoms with Gasteiger partial charge in [-0.2, -0.15) is 5.10 Å². The minimum absolute atomic E-state index is 0.231. The lowest BCUT2D eigenvalue weighted by atomic mass is 10.0. The van der Waals surface area contributed by atoms with Crippen molar-refractivity contribution in [1.29, 1.82) is 0 Å². The monoisotopic (exact) mass is 606 g/mol. The van der Waals surface area contributed by atoms with Crippen LogP contribution in [-0.2, 0) is 6.54 Å². The fraction of sp³-hybridized carbons (Fsp3) is 0.429. The molecule has 4 aromatic heterocycles. The number of rotatable bonds is 9. The van der Waals surface area contributed by atoms with E-state index >= 15 is 0 Å². The predicted molar refractivity (Wildman–Crippen MR) is 176 cm³/mol. The standard InChI is InChI=1S/C35H42N8O2/c1-24-22-41(17-16-40(24)3)18-19-45-28-14-15-42-32(21-36-33(42)20-28)35(44)38-30-12-7-13-31-34(30)25(2)39-43(31)23-27-10-6-11-29(37-27)26-8-4-5-9-26/h6-7,10-15,20-21,24,26H,4-5,8-9,16-19,22-23H2,1-3H3,(H,38,44). The number of imidazole rings is 1. The van der Waals surface area contributed by atoms with E-state index in [1.54, 1.807) is 10.6 Å². The Balaban J connectivity index is 1.04. The van der Waals surface area contributed by atoms with Crippen molar-refractivity contribution < 1.29 is 9.53 Å². The number of fused-ring (bicyclic) bond motifs is 2. The molecule has 45 heavy (non-hydrogen) atoms. The van der Waals surface area contributed by atoms with Crippen LogP contribution in [0.3, 0.4) is 0 Å². The van der Waals surface area contributed by atoms with Gasteiger partial charge in [0, 0.05) is 61.5 Å². The highest BCUT2D eigenvalue weighted by atomic mass is 16.5. The van der Waals surface area contributed by atoms with E-state index in [0.29, 0.717) is 36.5 Å². The van der Waals surface area contributed by atoms with Crippen LogP contribution in [0.1, 0.15) is 66.1 Å². The molecule has 5 aromatic rings. The molecule has 1 saturated heterocycles. The summed E-state index contributed by atoms with van der Waals surface area (Å²) in [7, 11) is 2.18. The molecule has 1 atom stereocenters. The number of nitrogens with zero attached hydrogens (tertiary/aromatic N) is 7. The summed E-state index contributed by atoms with van der Waals surface area (Å²) < 4.78 is 9.84. The molecule has 7 rings (SSSR count). The van der Waals surface area contributed by atoms with Crippen LogP contribution in [-0.4, -0.2) is 85.7 Å². The van der Waals surface area contributed by atoms with Crippen LogP contribution in [0.4, 0.5) is 5.69 Å². The second-order valence-corrected chi connectivity index (χ2v) is 12.6. The molecule has 1 amide bonds. The molecule has 0 radical (unpaired) electrons. The van der Waals surface area contributed by atoms with Gasteiger partial charge in [-0.3, -0.25) is 23.8 Å². The minimum atomic E-state index is -0.231. The SMILES string of the molecule is Cc1nn(Cc2cccc(C3CCCC3)n2)c2cccc(NC(=O)c3cnc4cc(OCCN5CCN(C)C(C)C5)ccn34)c12. The molecule has 1 aliphatic carbocycles. The van der Waals surface area contributed by atoms with Crippen molar-refractivity contribution in [3.05, 3.63) is 83.7 Å². The van der Waals surface area contributed by atoms with E-state index in [4.69, 9.17) is 14.8 Å². The third-order valence-electron chi connectivity index (χ3n) is 9.55. The number of carbonyl (C=O) groups is 1. The van der Waals surface area contributed by atoms with Gasteiger partial charge in [-0.15, -0.1) is 0 Å². The molecule has 1 unspecified atom stereocenters. The largest absolute Gasteiger partial charge is 0.492 e. The first-order chi connectivity index (χ1) is 21.9. The van der Waals surface area contributed by atoms with E-state index in [9.17, 15) is 4.79 Å². The van der Waals surface area contributed by atoms with Gasteiger partial charge >= 0.3 is 0 Å². The molecular weight excluding hydrogens is 564 g/mol. The van der Waals surface area contributed by atoms with Crippen LogP contribution in [0.15, 0.2) is 60.9 Å². The number of piperazine rings is 1. The number of hydrogen-bond acceptors (Lipinski definition) is 7. The fourth-order valence-corrected chi connectivity index (χ4v) is 6.86. The van der Waals surface area contributed by atoms with Crippen LogP contribution in [0, 0.1) is 6.92 Å². The van der Waals surface area contributed by atoms with E-state index in [1.165, 1.54) is 31.4 Å². The summed E-state index contributed by atoms with van der Waals surface area (Å²) in [5.74, 6) is 1.09. The number of hydrogen-bond donors (Lipinski definition) is 1. The zero-order chi connectivity index (χ0) is 30.9. The van der Waals surface area contributed by atoms with Crippen LogP contribution >= 0.6 is 0 Å². The summed E-state index contributed by atoms with van der Waals surface area (Å²) in [6.07, 6.45) is 8.48. The smallest absolute Gasteiger partial charge is 0.274 e. The summed E-state index contributed by atoms with van der Waals surface area (Å²) >= 11 is 0. The van der Waals surface area contributed by atoms with Crippen LogP contribution < -0.4 is 10.1 Å². The lowest BCUT2D eigenvalue weighted by Gasteiger charge is -2.37. The number of amides is 1. The molecule has 5 heterocycles. The molecule has 0 spiro atoms. The molecule has 1 saturated carbocycles. The Labute approximate surface area is 264 Å². The molecule has 1 aliphatic heterocycles. The second kappa shape index (κ2) is 12.6. The van der Waals surface area contributed by atoms with E-state index in [1.807, 2.05) is 48.1 Å². The molecule has 0 bridgehead atoms. The van der Waals surface area contributed by atoms with Crippen molar-refractivity contribution in [2.24, 2.45) is 0 Å². The van der Waals surface area contributed by atoms with Gasteiger partial charge in [-0.1, -0.05) is 25.0 Å². The van der Waals surface area contributed by atoms with Crippen molar-refractivity contribution in [3.8, 4) is 5.75 Å². The zero-order valence-electron chi connectivity index (χ0n) is 26.4. The minimum Gasteiger partial charge on any atom is -0.492 e. The number of benzene rings is 1. The van der Waals surface area contributed by atoms with E-state index in [-0.39, 0.29) is 5.91 Å². The molecule has 10 heteroatoms. The summed E-state index contributed by atoms with van der Waals surface area (Å²) in [4.78, 5) is 27.9. The number of ether oxygens (including phenoxy) is 1. The van der Waals surface area contributed by atoms with Gasteiger partial charge in [0.2, 0.25) is 0 Å². The Morgan fingerprint density at radius 2 is 1.93 bits per heavy atom. The van der Waals surface area contributed by atoms with Gasteiger partial charge in [0.15, 0.2) is 0 Å². The zero-order valence-corrected chi connectivity index (χ0v) is 26.4. The van der Waals surface area contributed by atoms with Crippen LogP contribution in [0.25, 0.3) is 16.6 Å². The first-order valence-electron chi connectivity index (χ1n) is 16.2. The molecule has 2 aliphatic rings. The number of likely N-dealkylation sites (N-methyl/N-ethyl adjacent to an activating group) is 1. The summed E-state index contributed by atoms with van der Waals surface area (Å²) in [5, 5.41) is 8.91. The maximum Gasteiger partial charge on any atom is 0.274 e. The van der Waals surface area contributed by atoms with Crippen LogP contribution in [0.2, 0.25) is 0 Å². The molecule has 1 N–H and O–H groups in total. The Morgan fingerprint density at radius 3 is 2.78 bits per heavy atom. The number of pyridine rings is 2. The van der Waals surface area contributed by atoms with E-state index < -0.39 is 0 Å². The average Bonchev–Trinajstić information content (AvgIpc) is 3.79. The van der Waals surface area contributed by atoms with Crippen molar-refractivity contribution in [3.63, 3.8) is 0 Å². The highest BCUT2D eigenvalue weighted by Crippen LogP contribution is 2.33. The van der Waals surface area contributed by atoms with Gasteiger partial charge in [0.05, 0.1) is 35.3 Å². The number of aryl methyl sites for hydroxylation is 1. The van der Waals surface area contributed by atoms with Crippen molar-refractivity contribution in [2.45, 2.75) is 58.0 Å². The Bertz CT molecular complexity index is 1820. The highest BCUT2D eigenvalue weighted by molar-refractivity contribution is 6.08. The van der Waals surface area contributed by atoms with E-state index in [0.717, 1.165) is 59.9 Å². The number of aromatic nitrogens is 5. The Kier molecular flexibility index (Phi) is 8.25. The highest BCUT2D eigenvalue weighted by Gasteiger charge is 2.22. The Morgan fingerprint density at radius 1 is 1.09 bits per heavy atom. The van der Waals surface area contributed by atoms with Gasteiger partial charge in [0.25, 0.3) is 5.91 Å². The van der Waals surface area contributed by atoms with Crippen molar-refractivity contribution >= 4 is 28.1 Å². The molecule has 2 fully saturated rings. The third-order valence-corrected chi connectivity index (χ3v) is 9.55. The maximum absolute atomic E-state index is 13.5. The van der Waals surface area contributed by atoms with Gasteiger partial charge < -0.3 is 15.0 Å². The second-order valence-electron chi connectivity index (χ2n) is 12.6. The van der Waals surface area contributed by atoms with Crippen molar-refractivity contribution in [1.82, 2.24) is 33.9 Å². The molecule has 234 valence electrons. The van der Waals surface area contributed by atoms with Crippen molar-refractivity contribution in [2.75, 3.05) is 45.2 Å². The lowest BCUT2D eigenvalue weighted by Crippen LogP contribution is -2.50.